The minimum absolute atomic E-state index is 0.491. The van der Waals surface area contributed by atoms with Crippen LogP contribution >= 0.6 is 11.8 Å². The highest BCUT2D eigenvalue weighted by Gasteiger charge is 2.43. The molecule has 0 bridgehead atoms. The molecule has 0 aromatic heterocycles. The van der Waals surface area contributed by atoms with E-state index in [0.717, 1.165) is 6.04 Å². The third kappa shape index (κ3) is 4.22. The Morgan fingerprint density at radius 2 is 1.61 bits per heavy atom. The standard InChI is InChI=1S/C30H34N2S/c1-3-10-23(11-4-1)25(24-12-5-2-6-13-24)15-8-18-31-20-17-28-27(22-31)26-14-7-16-29-30(26)32(28)19-9-21-33-29/h1-7,10-14,16,25,27-28H,8-9,15,17-22H2. The molecule has 0 spiro atoms. The SMILES string of the molecule is c1ccc(C(CCCN2CCC3C(C2)c2cccc4c2N3CCCS4)c2ccccc2)cc1. The van der Waals surface area contributed by atoms with Gasteiger partial charge in [-0.05, 0) is 60.7 Å². The summed E-state index contributed by atoms with van der Waals surface area (Å²) in [6.07, 6.45) is 5.08. The van der Waals surface area contributed by atoms with Gasteiger partial charge in [0, 0.05) is 42.4 Å². The monoisotopic (exact) mass is 454 g/mol. The van der Waals surface area contributed by atoms with Crippen LogP contribution in [-0.4, -0.2) is 42.9 Å². The fraction of sp³-hybridized carbons (Fsp3) is 0.400. The van der Waals surface area contributed by atoms with Crippen LogP contribution in [0.3, 0.4) is 0 Å². The largest absolute Gasteiger partial charge is 0.367 e. The summed E-state index contributed by atoms with van der Waals surface area (Å²) in [7, 11) is 0. The second-order valence-corrected chi connectivity index (χ2v) is 11.0. The summed E-state index contributed by atoms with van der Waals surface area (Å²) in [6.45, 7) is 4.93. The summed E-state index contributed by atoms with van der Waals surface area (Å²) >= 11 is 2.07. The number of fused-ring (bicyclic) bond motifs is 3. The first-order chi connectivity index (χ1) is 16.4. The molecule has 3 aromatic carbocycles. The molecule has 170 valence electrons. The van der Waals surface area contributed by atoms with Gasteiger partial charge in [0.25, 0.3) is 0 Å². The number of likely N-dealkylation sites (tertiary alicyclic amines) is 1. The van der Waals surface area contributed by atoms with Crippen molar-refractivity contribution in [1.29, 1.82) is 0 Å². The number of piperidine rings is 1. The van der Waals surface area contributed by atoms with Crippen molar-refractivity contribution in [3.63, 3.8) is 0 Å². The number of para-hydroxylation sites is 1. The van der Waals surface area contributed by atoms with Crippen LogP contribution in [-0.2, 0) is 0 Å². The van der Waals surface area contributed by atoms with Crippen LogP contribution in [0.15, 0.2) is 83.8 Å². The molecule has 0 aliphatic carbocycles. The van der Waals surface area contributed by atoms with Crippen molar-refractivity contribution in [3.05, 3.63) is 95.6 Å². The summed E-state index contributed by atoms with van der Waals surface area (Å²) in [5.74, 6) is 2.44. The lowest BCUT2D eigenvalue weighted by Crippen LogP contribution is -2.46. The Kier molecular flexibility index (Phi) is 6.17. The fourth-order valence-corrected chi connectivity index (χ4v) is 7.47. The summed E-state index contributed by atoms with van der Waals surface area (Å²) < 4.78 is 0. The predicted octanol–water partition coefficient (Wildman–Crippen LogP) is 6.77. The van der Waals surface area contributed by atoms with Crippen LogP contribution in [0.25, 0.3) is 0 Å². The number of hydrogen-bond donors (Lipinski definition) is 0. The van der Waals surface area contributed by atoms with E-state index in [1.165, 1.54) is 73.6 Å². The molecular weight excluding hydrogens is 420 g/mol. The Bertz CT molecular complexity index is 1030. The van der Waals surface area contributed by atoms with Gasteiger partial charge in [-0.1, -0.05) is 72.8 Å². The Hall–Kier alpha value is -2.23. The first-order valence-electron chi connectivity index (χ1n) is 12.7. The van der Waals surface area contributed by atoms with E-state index in [9.17, 15) is 0 Å². The second-order valence-electron chi connectivity index (χ2n) is 9.87. The highest BCUT2D eigenvalue weighted by atomic mass is 32.2. The number of benzene rings is 3. The normalized spacial score (nSPS) is 22.2. The maximum absolute atomic E-state index is 2.79. The third-order valence-corrected chi connectivity index (χ3v) is 9.08. The van der Waals surface area contributed by atoms with Gasteiger partial charge in [-0.3, -0.25) is 0 Å². The number of anilines is 1. The Balaban J connectivity index is 1.14. The highest BCUT2D eigenvalue weighted by molar-refractivity contribution is 7.99. The molecule has 3 aliphatic heterocycles. The van der Waals surface area contributed by atoms with E-state index in [2.05, 4.69) is 100 Å². The average molecular weight is 455 g/mol. The summed E-state index contributed by atoms with van der Waals surface area (Å²) in [4.78, 5) is 7.07. The molecule has 1 saturated heterocycles. The highest BCUT2D eigenvalue weighted by Crippen LogP contribution is 2.50. The van der Waals surface area contributed by atoms with Gasteiger partial charge in [0.2, 0.25) is 0 Å². The molecular formula is C30H34N2S. The molecule has 2 nitrogen and oxygen atoms in total. The van der Waals surface area contributed by atoms with Crippen molar-refractivity contribution in [2.75, 3.05) is 36.8 Å². The van der Waals surface area contributed by atoms with Crippen LogP contribution in [0.2, 0.25) is 0 Å². The summed E-state index contributed by atoms with van der Waals surface area (Å²) in [5, 5.41) is 0. The van der Waals surface area contributed by atoms with Crippen molar-refractivity contribution in [2.24, 2.45) is 0 Å². The molecule has 3 heterocycles. The van der Waals surface area contributed by atoms with Gasteiger partial charge in [-0.25, -0.2) is 0 Å². The predicted molar refractivity (Wildman–Crippen MR) is 141 cm³/mol. The van der Waals surface area contributed by atoms with E-state index in [-0.39, 0.29) is 0 Å². The third-order valence-electron chi connectivity index (χ3n) is 7.95. The van der Waals surface area contributed by atoms with Crippen molar-refractivity contribution in [3.8, 4) is 0 Å². The zero-order chi connectivity index (χ0) is 22.0. The zero-order valence-electron chi connectivity index (χ0n) is 19.4. The lowest BCUT2D eigenvalue weighted by Gasteiger charge is -2.39. The Labute approximate surface area is 203 Å². The molecule has 3 aromatic rings. The van der Waals surface area contributed by atoms with Crippen LogP contribution in [0, 0.1) is 0 Å². The molecule has 0 saturated carbocycles. The number of rotatable bonds is 6. The Morgan fingerprint density at radius 3 is 2.36 bits per heavy atom. The zero-order valence-corrected chi connectivity index (χ0v) is 20.2. The van der Waals surface area contributed by atoms with Gasteiger partial charge in [-0.15, -0.1) is 11.8 Å². The maximum Gasteiger partial charge on any atom is 0.0543 e. The van der Waals surface area contributed by atoms with Crippen LogP contribution in [0.5, 0.6) is 0 Å². The molecule has 33 heavy (non-hydrogen) atoms. The first-order valence-corrected chi connectivity index (χ1v) is 13.7. The molecule has 1 fully saturated rings. The molecule has 2 unspecified atom stereocenters. The first kappa shape index (κ1) is 21.3. The van der Waals surface area contributed by atoms with Gasteiger partial charge < -0.3 is 9.80 Å². The van der Waals surface area contributed by atoms with Crippen LogP contribution in [0.4, 0.5) is 5.69 Å². The van der Waals surface area contributed by atoms with Crippen molar-refractivity contribution < 1.29 is 0 Å². The fourth-order valence-electron chi connectivity index (χ4n) is 6.43. The molecule has 0 radical (unpaired) electrons. The molecule has 2 atom stereocenters. The topological polar surface area (TPSA) is 6.48 Å². The second kappa shape index (κ2) is 9.56. The van der Waals surface area contributed by atoms with Gasteiger partial charge in [-0.2, -0.15) is 0 Å². The molecule has 3 aliphatic rings. The van der Waals surface area contributed by atoms with Gasteiger partial charge >= 0.3 is 0 Å². The van der Waals surface area contributed by atoms with Crippen molar-refractivity contribution >= 4 is 17.4 Å². The van der Waals surface area contributed by atoms with E-state index in [4.69, 9.17) is 0 Å². The maximum atomic E-state index is 2.79. The van der Waals surface area contributed by atoms with E-state index in [0.29, 0.717) is 11.8 Å². The van der Waals surface area contributed by atoms with Gasteiger partial charge in [0.15, 0.2) is 0 Å². The lowest BCUT2D eigenvalue weighted by atomic mass is 9.86. The molecule has 0 N–H and O–H groups in total. The van der Waals surface area contributed by atoms with Gasteiger partial charge in [0.05, 0.1) is 5.69 Å². The quantitative estimate of drug-likeness (QED) is 0.406. The molecule has 6 rings (SSSR count). The van der Waals surface area contributed by atoms with Crippen molar-refractivity contribution in [2.45, 2.75) is 48.5 Å². The van der Waals surface area contributed by atoms with Crippen molar-refractivity contribution in [1.82, 2.24) is 4.90 Å². The lowest BCUT2D eigenvalue weighted by molar-refractivity contribution is 0.189. The molecule has 3 heteroatoms. The number of thioether (sulfide) groups is 1. The minimum atomic E-state index is 0.491. The molecule has 0 amide bonds. The smallest absolute Gasteiger partial charge is 0.0543 e. The summed E-state index contributed by atoms with van der Waals surface area (Å²) in [6, 6.07) is 30.0. The average Bonchev–Trinajstić information content (AvgIpc) is 3.03. The minimum Gasteiger partial charge on any atom is -0.367 e. The van der Waals surface area contributed by atoms with Crippen LogP contribution < -0.4 is 4.90 Å². The van der Waals surface area contributed by atoms with Crippen LogP contribution in [0.1, 0.15) is 54.2 Å². The van der Waals surface area contributed by atoms with Gasteiger partial charge in [0.1, 0.15) is 0 Å². The van der Waals surface area contributed by atoms with E-state index in [1.54, 1.807) is 11.3 Å². The van der Waals surface area contributed by atoms with E-state index in [1.807, 2.05) is 0 Å². The Morgan fingerprint density at radius 1 is 0.848 bits per heavy atom. The number of hydrogen-bond acceptors (Lipinski definition) is 3. The van der Waals surface area contributed by atoms with E-state index >= 15 is 0 Å². The summed E-state index contributed by atoms with van der Waals surface area (Å²) in [5.41, 5.74) is 6.11. The number of nitrogens with zero attached hydrogens (tertiary/aromatic N) is 2. The van der Waals surface area contributed by atoms with E-state index < -0.39 is 0 Å².